The molecule has 0 radical (unpaired) electrons. The van der Waals surface area contributed by atoms with E-state index in [1.54, 1.807) is 18.0 Å². The number of aromatic nitrogens is 1. The zero-order valence-electron chi connectivity index (χ0n) is 12.4. The molecule has 0 aliphatic carbocycles. The van der Waals surface area contributed by atoms with Crippen LogP contribution in [0.15, 0.2) is 41.9 Å². The van der Waals surface area contributed by atoms with E-state index in [2.05, 4.69) is 10.3 Å². The van der Waals surface area contributed by atoms with Crippen molar-refractivity contribution in [3.63, 3.8) is 0 Å². The molecule has 2 atom stereocenters. The molecule has 0 bridgehead atoms. The molecule has 0 fully saturated rings. The molecule has 2 aromatic rings. The first-order valence-corrected chi connectivity index (χ1v) is 9.09. The molecule has 0 saturated heterocycles. The summed E-state index contributed by atoms with van der Waals surface area (Å²) in [4.78, 5) is 16.5. The lowest BCUT2D eigenvalue weighted by Gasteiger charge is -2.17. The molecule has 0 saturated carbocycles. The lowest BCUT2D eigenvalue weighted by Crippen LogP contribution is -2.31. The van der Waals surface area contributed by atoms with Crippen molar-refractivity contribution in [1.29, 1.82) is 0 Å². The van der Waals surface area contributed by atoms with Gasteiger partial charge in [-0.2, -0.15) is 0 Å². The van der Waals surface area contributed by atoms with Gasteiger partial charge >= 0.3 is 0 Å². The first-order chi connectivity index (χ1) is 10.7. The second kappa shape index (κ2) is 8.92. The number of aliphatic hydroxyl groups is 1. The summed E-state index contributed by atoms with van der Waals surface area (Å²) in [5.41, 5.74) is 1.03. The Labute approximate surface area is 139 Å². The highest BCUT2D eigenvalue weighted by molar-refractivity contribution is 8.00. The molecule has 1 amide bonds. The van der Waals surface area contributed by atoms with Crippen LogP contribution >= 0.6 is 23.1 Å². The van der Waals surface area contributed by atoms with Gasteiger partial charge in [-0.1, -0.05) is 37.3 Å². The molecule has 2 N–H and O–H groups in total. The van der Waals surface area contributed by atoms with Crippen LogP contribution in [0.2, 0.25) is 0 Å². The van der Waals surface area contributed by atoms with E-state index >= 15 is 0 Å². The van der Waals surface area contributed by atoms with E-state index in [0.29, 0.717) is 12.2 Å². The number of aliphatic hydroxyl groups excluding tert-OH is 1. The van der Waals surface area contributed by atoms with E-state index in [0.717, 1.165) is 10.6 Å². The van der Waals surface area contributed by atoms with Gasteiger partial charge in [-0.3, -0.25) is 4.79 Å². The molecule has 0 unspecified atom stereocenters. The fraction of sp³-hybridized carbons (Fsp3) is 0.375. The number of rotatable bonds is 8. The van der Waals surface area contributed by atoms with Crippen LogP contribution < -0.4 is 5.32 Å². The van der Waals surface area contributed by atoms with Crippen molar-refractivity contribution in [3.05, 3.63) is 52.5 Å². The number of nitrogens with one attached hydrogen (secondary N) is 1. The maximum absolute atomic E-state index is 12.2. The van der Waals surface area contributed by atoms with Crippen LogP contribution in [0.5, 0.6) is 0 Å². The molecule has 4 nitrogen and oxygen atoms in total. The van der Waals surface area contributed by atoms with Crippen LogP contribution in [-0.2, 0) is 4.79 Å². The van der Waals surface area contributed by atoms with E-state index in [9.17, 15) is 4.79 Å². The van der Waals surface area contributed by atoms with Crippen molar-refractivity contribution in [1.82, 2.24) is 10.3 Å². The molecule has 0 spiro atoms. The average Bonchev–Trinajstić information content (AvgIpc) is 3.06. The van der Waals surface area contributed by atoms with Gasteiger partial charge in [0.2, 0.25) is 5.91 Å². The fourth-order valence-electron chi connectivity index (χ4n) is 2.00. The number of amides is 1. The molecular weight excluding hydrogens is 316 g/mol. The van der Waals surface area contributed by atoms with Crippen LogP contribution in [0, 0.1) is 0 Å². The Bertz CT molecular complexity index is 561. The van der Waals surface area contributed by atoms with E-state index < -0.39 is 0 Å². The van der Waals surface area contributed by atoms with Crippen molar-refractivity contribution in [2.45, 2.75) is 24.6 Å². The molecule has 1 aromatic carbocycles. The molecule has 0 aliphatic rings. The predicted molar refractivity (Wildman–Crippen MR) is 92.2 cm³/mol. The van der Waals surface area contributed by atoms with Crippen LogP contribution in [0.1, 0.15) is 30.0 Å². The van der Waals surface area contributed by atoms with E-state index in [4.69, 9.17) is 5.11 Å². The maximum Gasteiger partial charge on any atom is 0.230 e. The van der Waals surface area contributed by atoms with Crippen LogP contribution in [0.4, 0.5) is 0 Å². The normalized spacial score (nSPS) is 13.5. The quantitative estimate of drug-likeness (QED) is 0.778. The molecule has 6 heteroatoms. The summed E-state index contributed by atoms with van der Waals surface area (Å²) in [6.07, 6.45) is 2.45. The SMILES string of the molecule is C[C@@H](CCO)SCC(=O)N[C@H](c1ccccc1)c1nccs1. The number of thioether (sulfide) groups is 1. The highest BCUT2D eigenvalue weighted by Gasteiger charge is 2.19. The number of nitrogens with zero attached hydrogens (tertiary/aromatic N) is 1. The van der Waals surface area contributed by atoms with Gasteiger partial charge in [0.05, 0.1) is 5.75 Å². The summed E-state index contributed by atoms with van der Waals surface area (Å²) < 4.78 is 0. The number of benzene rings is 1. The van der Waals surface area contributed by atoms with Gasteiger partial charge in [0.15, 0.2) is 0 Å². The van der Waals surface area contributed by atoms with E-state index in [1.165, 1.54) is 11.3 Å². The Balaban J connectivity index is 2.00. The van der Waals surface area contributed by atoms with Gasteiger partial charge < -0.3 is 10.4 Å². The largest absolute Gasteiger partial charge is 0.396 e. The van der Waals surface area contributed by atoms with Gasteiger partial charge in [0.25, 0.3) is 0 Å². The van der Waals surface area contributed by atoms with Crippen molar-refractivity contribution in [3.8, 4) is 0 Å². The summed E-state index contributed by atoms with van der Waals surface area (Å²) >= 11 is 3.09. The summed E-state index contributed by atoms with van der Waals surface area (Å²) in [5.74, 6) is 0.370. The molecular formula is C16H20N2O2S2. The van der Waals surface area contributed by atoms with Gasteiger partial charge in [-0.25, -0.2) is 4.98 Å². The van der Waals surface area contributed by atoms with Crippen molar-refractivity contribution >= 4 is 29.0 Å². The average molecular weight is 336 g/mol. The second-order valence-corrected chi connectivity index (χ2v) is 7.27. The molecule has 1 aromatic heterocycles. The minimum Gasteiger partial charge on any atom is -0.396 e. The minimum atomic E-state index is -0.206. The predicted octanol–water partition coefficient (Wildman–Crippen LogP) is 2.85. The van der Waals surface area contributed by atoms with Crippen LogP contribution in [0.25, 0.3) is 0 Å². The highest BCUT2D eigenvalue weighted by atomic mass is 32.2. The number of carbonyl (C=O) groups is 1. The Morgan fingerprint density at radius 1 is 1.41 bits per heavy atom. The zero-order chi connectivity index (χ0) is 15.8. The summed E-state index contributed by atoms with van der Waals surface area (Å²) in [5, 5.41) is 15.0. The number of hydrogen-bond donors (Lipinski definition) is 2. The minimum absolute atomic E-state index is 0.0150. The van der Waals surface area contributed by atoms with E-state index in [1.807, 2.05) is 42.6 Å². The maximum atomic E-state index is 12.2. The Morgan fingerprint density at radius 2 is 2.18 bits per heavy atom. The standard InChI is InChI=1S/C16H20N2O2S2/c1-12(7-9-19)22-11-14(20)18-15(16-17-8-10-21-16)13-5-3-2-4-6-13/h2-6,8,10,12,15,19H,7,9,11H2,1H3,(H,18,20)/t12-,15+/m0/s1. The number of carbonyl (C=O) groups excluding carboxylic acids is 1. The van der Waals surface area contributed by atoms with Gasteiger partial charge in [-0.15, -0.1) is 23.1 Å². The molecule has 22 heavy (non-hydrogen) atoms. The number of hydrogen-bond acceptors (Lipinski definition) is 5. The molecule has 118 valence electrons. The Kier molecular flexibility index (Phi) is 6.89. The van der Waals surface area contributed by atoms with Crippen molar-refractivity contribution in [2.24, 2.45) is 0 Å². The zero-order valence-corrected chi connectivity index (χ0v) is 14.1. The van der Waals surface area contributed by atoms with Gasteiger partial charge in [-0.05, 0) is 12.0 Å². The summed E-state index contributed by atoms with van der Waals surface area (Å²) in [6.45, 7) is 2.17. The topological polar surface area (TPSA) is 62.2 Å². The lowest BCUT2D eigenvalue weighted by molar-refractivity contribution is -0.119. The Morgan fingerprint density at radius 3 is 2.82 bits per heavy atom. The van der Waals surface area contributed by atoms with Gasteiger partial charge in [0.1, 0.15) is 11.0 Å². The van der Waals surface area contributed by atoms with Crippen LogP contribution in [0.3, 0.4) is 0 Å². The summed E-state index contributed by atoms with van der Waals surface area (Å²) in [7, 11) is 0. The van der Waals surface area contributed by atoms with Crippen molar-refractivity contribution < 1.29 is 9.90 Å². The molecule has 2 rings (SSSR count). The third kappa shape index (κ3) is 5.12. The lowest BCUT2D eigenvalue weighted by atomic mass is 10.1. The van der Waals surface area contributed by atoms with Crippen molar-refractivity contribution in [2.75, 3.05) is 12.4 Å². The Hall–Kier alpha value is -1.37. The third-order valence-electron chi connectivity index (χ3n) is 3.17. The summed E-state index contributed by atoms with van der Waals surface area (Å²) in [6, 6.07) is 9.65. The second-order valence-electron chi connectivity index (χ2n) is 4.92. The van der Waals surface area contributed by atoms with Gasteiger partial charge in [0, 0.05) is 23.4 Å². The number of thiazole rings is 1. The highest BCUT2D eigenvalue weighted by Crippen LogP contribution is 2.24. The first kappa shape index (κ1) is 17.0. The first-order valence-electron chi connectivity index (χ1n) is 7.17. The monoisotopic (exact) mass is 336 g/mol. The molecule has 0 aliphatic heterocycles. The fourth-order valence-corrected chi connectivity index (χ4v) is 3.50. The smallest absolute Gasteiger partial charge is 0.230 e. The van der Waals surface area contributed by atoms with Crippen LogP contribution in [-0.4, -0.2) is 33.6 Å². The third-order valence-corrected chi connectivity index (χ3v) is 5.25. The molecule has 1 heterocycles. The van der Waals surface area contributed by atoms with E-state index in [-0.39, 0.29) is 23.8 Å².